The normalized spacial score (nSPS) is 12.1. The monoisotopic (exact) mass is 421 g/mol. The maximum Gasteiger partial charge on any atom is 0.303 e. The van der Waals surface area contributed by atoms with Crippen LogP contribution in [-0.4, -0.2) is 27.7 Å². The fraction of sp³-hybridized carbons (Fsp3) is 0.227. The number of aryl methyl sites for hydroxylation is 2. The number of carboxylic acid groups (broad SMARTS) is 1. The molecule has 0 saturated carbocycles. The molecule has 0 aliphatic carbocycles. The van der Waals surface area contributed by atoms with Gasteiger partial charge in [0.15, 0.2) is 11.5 Å². The number of anilines is 2. The largest absolute Gasteiger partial charge is 0.493 e. The molecule has 9 nitrogen and oxygen atoms in total. The third-order valence-corrected chi connectivity index (χ3v) is 5.12. The number of nitrogens with zero attached hydrogens (tertiary/aromatic N) is 1. The number of ether oxygens (including phenoxy) is 1. The van der Waals surface area contributed by atoms with Crippen LogP contribution in [0.3, 0.4) is 0 Å². The molecular formula is C22H23N5O4. The van der Waals surface area contributed by atoms with Gasteiger partial charge in [-0.3, -0.25) is 20.4 Å². The van der Waals surface area contributed by atoms with Crippen LogP contribution in [0, 0.1) is 6.92 Å². The number of benzene rings is 2. The zero-order valence-electron chi connectivity index (χ0n) is 17.2. The van der Waals surface area contributed by atoms with Crippen molar-refractivity contribution in [2.45, 2.75) is 26.7 Å². The van der Waals surface area contributed by atoms with Gasteiger partial charge in [-0.05, 0) is 54.7 Å². The van der Waals surface area contributed by atoms with Gasteiger partial charge in [0.25, 0.3) is 5.56 Å². The molecule has 5 N–H and O–H groups in total. The van der Waals surface area contributed by atoms with E-state index in [-0.39, 0.29) is 12.0 Å². The van der Waals surface area contributed by atoms with Crippen molar-refractivity contribution in [3.8, 4) is 28.3 Å². The number of fused-ring (bicyclic) bond motifs is 1. The molecule has 3 aromatic rings. The lowest BCUT2D eigenvalue weighted by Crippen LogP contribution is -2.21. The standard InChI is InChI=1S/C22H23N5O4/c1-3-31-17-11-15(14-5-4-12(2)13(10-14)7-9-18(28)29)6-8-16(17)20-23-21-19(22(30)24-20)25-27-26-21/h4-6,8,10-11,25,27H,3,7,9H2,1-2H3,(H,28,29)(H2,23,24,26,30). The summed E-state index contributed by atoms with van der Waals surface area (Å²) in [5, 5.41) is 9.00. The summed E-state index contributed by atoms with van der Waals surface area (Å²) >= 11 is 0. The van der Waals surface area contributed by atoms with Gasteiger partial charge in [0.2, 0.25) is 0 Å². The van der Waals surface area contributed by atoms with E-state index in [1.54, 1.807) is 0 Å². The Morgan fingerprint density at radius 3 is 2.68 bits per heavy atom. The minimum Gasteiger partial charge on any atom is -0.493 e. The second kappa shape index (κ2) is 8.49. The summed E-state index contributed by atoms with van der Waals surface area (Å²) in [7, 11) is 0. The summed E-state index contributed by atoms with van der Waals surface area (Å²) in [6.45, 7) is 4.31. The van der Waals surface area contributed by atoms with Gasteiger partial charge in [-0.2, -0.15) is 0 Å². The molecule has 4 rings (SSSR count). The molecule has 0 amide bonds. The molecule has 2 aromatic carbocycles. The number of hydrazine groups is 2. The van der Waals surface area contributed by atoms with E-state index in [4.69, 9.17) is 9.84 Å². The zero-order chi connectivity index (χ0) is 22.0. The highest BCUT2D eigenvalue weighted by molar-refractivity contribution is 5.76. The van der Waals surface area contributed by atoms with Gasteiger partial charge in [0.1, 0.15) is 11.6 Å². The molecule has 0 unspecified atom stereocenters. The predicted molar refractivity (Wildman–Crippen MR) is 118 cm³/mol. The van der Waals surface area contributed by atoms with Crippen LogP contribution in [0.1, 0.15) is 24.5 Å². The molecule has 0 radical (unpaired) electrons. The highest BCUT2D eigenvalue weighted by Gasteiger charge is 2.19. The van der Waals surface area contributed by atoms with Crippen LogP contribution in [0.2, 0.25) is 0 Å². The Labute approximate surface area is 178 Å². The minimum absolute atomic E-state index is 0.0859. The number of hydrogen-bond acceptors (Lipinski definition) is 7. The number of carbonyl (C=O) groups is 1. The SMILES string of the molecule is CCOc1cc(-c2ccc(C)c(CCC(=O)O)c2)ccc1-c1nc2c(c(=O)[nH]1)NNN2. The van der Waals surface area contributed by atoms with Gasteiger partial charge in [0, 0.05) is 6.42 Å². The van der Waals surface area contributed by atoms with E-state index >= 15 is 0 Å². The lowest BCUT2D eigenvalue weighted by Gasteiger charge is -2.14. The predicted octanol–water partition coefficient (Wildman–Crippen LogP) is 3.09. The van der Waals surface area contributed by atoms with E-state index in [0.717, 1.165) is 22.3 Å². The van der Waals surface area contributed by atoms with Crippen molar-refractivity contribution in [3.05, 3.63) is 57.9 Å². The van der Waals surface area contributed by atoms with Crippen LogP contribution in [0.15, 0.2) is 41.2 Å². The van der Waals surface area contributed by atoms with E-state index in [1.807, 2.05) is 50.2 Å². The summed E-state index contributed by atoms with van der Waals surface area (Å²) in [6.07, 6.45) is 0.559. The number of hydrogen-bond donors (Lipinski definition) is 5. The maximum atomic E-state index is 12.3. The van der Waals surface area contributed by atoms with Crippen molar-refractivity contribution in [1.29, 1.82) is 0 Å². The molecule has 1 aromatic heterocycles. The molecule has 1 aliphatic heterocycles. The molecule has 0 spiro atoms. The molecule has 31 heavy (non-hydrogen) atoms. The molecular weight excluding hydrogens is 398 g/mol. The van der Waals surface area contributed by atoms with Crippen molar-refractivity contribution in [2.24, 2.45) is 0 Å². The molecule has 160 valence electrons. The lowest BCUT2D eigenvalue weighted by atomic mass is 9.96. The molecule has 0 fully saturated rings. The van der Waals surface area contributed by atoms with E-state index in [0.29, 0.717) is 41.7 Å². The first kappa shape index (κ1) is 20.4. The van der Waals surface area contributed by atoms with Crippen molar-refractivity contribution in [2.75, 3.05) is 17.5 Å². The molecule has 0 bridgehead atoms. The van der Waals surface area contributed by atoms with Gasteiger partial charge in [-0.1, -0.05) is 24.3 Å². The van der Waals surface area contributed by atoms with Gasteiger partial charge >= 0.3 is 5.97 Å². The lowest BCUT2D eigenvalue weighted by molar-refractivity contribution is -0.136. The summed E-state index contributed by atoms with van der Waals surface area (Å²) in [4.78, 5) is 30.5. The average Bonchev–Trinajstić information content (AvgIpc) is 3.22. The fourth-order valence-corrected chi connectivity index (χ4v) is 3.49. The Morgan fingerprint density at radius 1 is 1.13 bits per heavy atom. The van der Waals surface area contributed by atoms with Crippen LogP contribution < -0.4 is 26.7 Å². The molecule has 0 atom stereocenters. The summed E-state index contributed by atoms with van der Waals surface area (Å²) in [5.41, 5.74) is 12.8. The number of carboxylic acids is 1. The van der Waals surface area contributed by atoms with E-state index in [2.05, 4.69) is 26.4 Å². The number of aromatic amines is 1. The molecule has 2 heterocycles. The number of H-pyrrole nitrogens is 1. The Balaban J connectivity index is 1.73. The Morgan fingerprint density at radius 2 is 1.90 bits per heavy atom. The molecule has 9 heteroatoms. The topological polar surface area (TPSA) is 128 Å². The first-order valence-corrected chi connectivity index (χ1v) is 9.96. The molecule has 0 saturated heterocycles. The third kappa shape index (κ3) is 4.22. The van der Waals surface area contributed by atoms with Gasteiger partial charge < -0.3 is 14.8 Å². The van der Waals surface area contributed by atoms with Gasteiger partial charge in [0.05, 0.1) is 12.2 Å². The van der Waals surface area contributed by atoms with Crippen LogP contribution >= 0.6 is 0 Å². The van der Waals surface area contributed by atoms with Gasteiger partial charge in [-0.15, -0.1) is 5.53 Å². The number of aromatic nitrogens is 2. The highest BCUT2D eigenvalue weighted by Crippen LogP contribution is 2.34. The Bertz CT molecular complexity index is 1200. The second-order valence-corrected chi connectivity index (χ2v) is 7.19. The average molecular weight is 421 g/mol. The van der Waals surface area contributed by atoms with Crippen molar-refractivity contribution >= 4 is 17.5 Å². The van der Waals surface area contributed by atoms with Crippen LogP contribution in [0.5, 0.6) is 5.75 Å². The quantitative estimate of drug-likeness (QED) is 0.394. The number of nitrogens with one attached hydrogen (secondary N) is 4. The first-order chi connectivity index (χ1) is 15.0. The van der Waals surface area contributed by atoms with Crippen LogP contribution in [0.25, 0.3) is 22.5 Å². The van der Waals surface area contributed by atoms with Crippen molar-refractivity contribution in [1.82, 2.24) is 15.5 Å². The second-order valence-electron chi connectivity index (χ2n) is 7.19. The number of rotatable bonds is 7. The first-order valence-electron chi connectivity index (χ1n) is 9.96. The summed E-state index contributed by atoms with van der Waals surface area (Å²) in [6, 6.07) is 11.7. The van der Waals surface area contributed by atoms with Crippen LogP contribution in [-0.2, 0) is 11.2 Å². The molecule has 1 aliphatic rings. The Hall–Kier alpha value is -3.85. The number of aliphatic carboxylic acids is 1. The minimum atomic E-state index is -0.816. The zero-order valence-corrected chi connectivity index (χ0v) is 17.2. The van der Waals surface area contributed by atoms with Crippen molar-refractivity contribution in [3.63, 3.8) is 0 Å². The Kier molecular flexibility index (Phi) is 5.59. The van der Waals surface area contributed by atoms with E-state index < -0.39 is 5.97 Å². The third-order valence-electron chi connectivity index (χ3n) is 5.12. The maximum absolute atomic E-state index is 12.3. The smallest absolute Gasteiger partial charge is 0.303 e. The highest BCUT2D eigenvalue weighted by atomic mass is 16.5. The van der Waals surface area contributed by atoms with Crippen molar-refractivity contribution < 1.29 is 14.6 Å². The van der Waals surface area contributed by atoms with E-state index in [1.165, 1.54) is 0 Å². The van der Waals surface area contributed by atoms with Gasteiger partial charge in [-0.25, -0.2) is 4.98 Å². The summed E-state index contributed by atoms with van der Waals surface area (Å²) < 4.78 is 5.85. The van der Waals surface area contributed by atoms with E-state index in [9.17, 15) is 9.59 Å². The summed E-state index contributed by atoms with van der Waals surface area (Å²) in [5.74, 6) is 0.577. The van der Waals surface area contributed by atoms with Crippen LogP contribution in [0.4, 0.5) is 11.5 Å². The fourth-order valence-electron chi connectivity index (χ4n) is 3.49.